The lowest BCUT2D eigenvalue weighted by atomic mass is 10.2. The van der Waals surface area contributed by atoms with Crippen LogP contribution in [0.3, 0.4) is 0 Å². The number of rotatable bonds is 8. The van der Waals surface area contributed by atoms with Crippen LogP contribution in [0.1, 0.15) is 15.9 Å². The number of hydrazone groups is 1. The van der Waals surface area contributed by atoms with Gasteiger partial charge in [-0.15, -0.1) is 0 Å². The smallest absolute Gasteiger partial charge is 0.343 e. The Morgan fingerprint density at radius 3 is 2.30 bits per heavy atom. The van der Waals surface area contributed by atoms with E-state index in [1.54, 1.807) is 54.6 Å². The summed E-state index contributed by atoms with van der Waals surface area (Å²) in [6.45, 7) is -0.290. The van der Waals surface area contributed by atoms with Crippen molar-refractivity contribution in [2.45, 2.75) is 0 Å². The Bertz CT molecular complexity index is 1180. The van der Waals surface area contributed by atoms with Crippen molar-refractivity contribution in [3.05, 3.63) is 86.9 Å². The zero-order valence-corrected chi connectivity index (χ0v) is 19.4. The summed E-state index contributed by atoms with van der Waals surface area (Å²) in [5.74, 6) is -0.175. The fourth-order valence-electron chi connectivity index (χ4n) is 2.54. The molecule has 3 rings (SSSR count). The second-order valence-electron chi connectivity index (χ2n) is 6.46. The Labute approximate surface area is 204 Å². The molecule has 1 amide bonds. The van der Waals surface area contributed by atoms with Crippen LogP contribution < -0.4 is 19.6 Å². The number of nitrogens with one attached hydrogen (secondary N) is 1. The van der Waals surface area contributed by atoms with Crippen LogP contribution >= 0.6 is 34.8 Å². The summed E-state index contributed by atoms with van der Waals surface area (Å²) in [6, 6.07) is 15.8. The van der Waals surface area contributed by atoms with E-state index in [1.165, 1.54) is 19.4 Å². The Morgan fingerprint density at radius 2 is 1.61 bits per heavy atom. The second-order valence-corrected chi connectivity index (χ2v) is 7.74. The summed E-state index contributed by atoms with van der Waals surface area (Å²) < 4.78 is 16.0. The molecule has 0 fully saturated rings. The third kappa shape index (κ3) is 7.12. The van der Waals surface area contributed by atoms with Gasteiger partial charge in [-0.05, 0) is 66.2 Å². The first kappa shape index (κ1) is 24.4. The van der Waals surface area contributed by atoms with E-state index in [1.807, 2.05) is 0 Å². The van der Waals surface area contributed by atoms with Crippen molar-refractivity contribution in [1.82, 2.24) is 5.43 Å². The number of ether oxygens (including phenoxy) is 3. The first-order chi connectivity index (χ1) is 15.9. The van der Waals surface area contributed by atoms with E-state index in [2.05, 4.69) is 10.5 Å². The van der Waals surface area contributed by atoms with Crippen LogP contribution in [0.25, 0.3) is 0 Å². The van der Waals surface area contributed by atoms with Gasteiger partial charge in [-0.2, -0.15) is 5.10 Å². The zero-order chi connectivity index (χ0) is 23.8. The minimum Gasteiger partial charge on any atom is -0.493 e. The average Bonchev–Trinajstić information content (AvgIpc) is 2.79. The van der Waals surface area contributed by atoms with Gasteiger partial charge < -0.3 is 14.2 Å². The normalized spacial score (nSPS) is 10.7. The molecule has 10 heteroatoms. The predicted molar refractivity (Wildman–Crippen MR) is 127 cm³/mol. The second kappa shape index (κ2) is 11.6. The van der Waals surface area contributed by atoms with E-state index in [9.17, 15) is 9.59 Å². The number of carbonyl (C=O) groups excluding carboxylic acids is 2. The van der Waals surface area contributed by atoms with E-state index in [-0.39, 0.29) is 12.4 Å². The number of halogens is 3. The molecule has 0 aromatic heterocycles. The fourth-order valence-corrected chi connectivity index (χ4v) is 3.13. The lowest BCUT2D eigenvalue weighted by molar-refractivity contribution is -0.123. The number of hydrogen-bond acceptors (Lipinski definition) is 6. The van der Waals surface area contributed by atoms with Gasteiger partial charge in [0.25, 0.3) is 5.91 Å². The fraction of sp³-hybridized carbons (Fsp3) is 0.0870. The molecule has 0 spiro atoms. The maximum atomic E-state index is 12.3. The quantitative estimate of drug-likeness (QED) is 0.191. The highest BCUT2D eigenvalue weighted by Crippen LogP contribution is 2.29. The summed E-state index contributed by atoms with van der Waals surface area (Å²) >= 11 is 17.6. The summed E-state index contributed by atoms with van der Waals surface area (Å²) in [7, 11) is 1.44. The van der Waals surface area contributed by atoms with Crippen LogP contribution in [0, 0.1) is 0 Å². The van der Waals surface area contributed by atoms with Crippen LogP contribution in [-0.4, -0.2) is 31.8 Å². The molecule has 33 heavy (non-hydrogen) atoms. The lowest BCUT2D eigenvalue weighted by Gasteiger charge is -2.10. The molecule has 0 heterocycles. The predicted octanol–water partition coefficient (Wildman–Crippen LogP) is 5.40. The Morgan fingerprint density at radius 1 is 0.909 bits per heavy atom. The molecule has 0 aliphatic rings. The number of carbonyl (C=O) groups is 2. The van der Waals surface area contributed by atoms with Gasteiger partial charge >= 0.3 is 5.97 Å². The van der Waals surface area contributed by atoms with Crippen molar-refractivity contribution in [3.8, 4) is 17.2 Å². The molecule has 0 bridgehead atoms. The number of esters is 1. The maximum Gasteiger partial charge on any atom is 0.343 e. The van der Waals surface area contributed by atoms with Gasteiger partial charge in [0, 0.05) is 10.0 Å². The molecule has 0 unspecified atom stereocenters. The van der Waals surface area contributed by atoms with E-state index >= 15 is 0 Å². The molecular weight excluding hydrogens is 491 g/mol. The van der Waals surface area contributed by atoms with Crippen molar-refractivity contribution < 1.29 is 23.8 Å². The van der Waals surface area contributed by atoms with Gasteiger partial charge in [-0.3, -0.25) is 4.79 Å². The molecule has 0 saturated carbocycles. The van der Waals surface area contributed by atoms with Crippen molar-refractivity contribution in [2.24, 2.45) is 5.10 Å². The van der Waals surface area contributed by atoms with Crippen molar-refractivity contribution in [1.29, 1.82) is 0 Å². The number of nitrogens with zero attached hydrogens (tertiary/aromatic N) is 1. The van der Waals surface area contributed by atoms with Gasteiger partial charge in [0.1, 0.15) is 5.75 Å². The molecule has 3 aromatic rings. The van der Waals surface area contributed by atoms with Crippen LogP contribution in [0.2, 0.25) is 15.1 Å². The van der Waals surface area contributed by atoms with Crippen molar-refractivity contribution >= 4 is 52.9 Å². The Hall–Kier alpha value is -3.26. The number of methoxy groups -OCH3 is 1. The van der Waals surface area contributed by atoms with Crippen molar-refractivity contribution in [2.75, 3.05) is 13.7 Å². The minimum atomic E-state index is -0.556. The van der Waals surface area contributed by atoms with Crippen LogP contribution in [0.5, 0.6) is 17.2 Å². The first-order valence-electron chi connectivity index (χ1n) is 9.41. The third-order valence-electron chi connectivity index (χ3n) is 4.13. The van der Waals surface area contributed by atoms with Crippen molar-refractivity contribution in [3.63, 3.8) is 0 Å². The monoisotopic (exact) mass is 506 g/mol. The SMILES string of the molecule is COc1cc(/C=N\NC(=O)COc2ccc(Cl)cc2Cl)ccc1OC(=O)c1ccc(Cl)cc1. The molecule has 0 radical (unpaired) electrons. The van der Waals surface area contributed by atoms with Gasteiger partial charge in [-0.1, -0.05) is 34.8 Å². The molecule has 3 aromatic carbocycles. The summed E-state index contributed by atoms with van der Waals surface area (Å²) in [5, 5.41) is 5.15. The number of benzene rings is 3. The molecule has 0 aliphatic carbocycles. The molecule has 170 valence electrons. The van der Waals surface area contributed by atoms with Crippen LogP contribution in [0.15, 0.2) is 65.8 Å². The molecule has 7 nitrogen and oxygen atoms in total. The molecule has 0 atom stereocenters. The summed E-state index contributed by atoms with van der Waals surface area (Å²) in [5.41, 5.74) is 3.28. The maximum absolute atomic E-state index is 12.3. The topological polar surface area (TPSA) is 86.2 Å². The average molecular weight is 508 g/mol. The summed E-state index contributed by atoms with van der Waals surface area (Å²) in [6.07, 6.45) is 1.40. The summed E-state index contributed by atoms with van der Waals surface area (Å²) in [4.78, 5) is 24.2. The molecule has 0 aliphatic heterocycles. The van der Waals surface area contributed by atoms with E-state index in [0.29, 0.717) is 37.7 Å². The number of hydrogen-bond donors (Lipinski definition) is 1. The molecule has 0 saturated heterocycles. The van der Waals surface area contributed by atoms with Gasteiger partial charge in [0.2, 0.25) is 0 Å². The third-order valence-corrected chi connectivity index (χ3v) is 4.91. The highest BCUT2D eigenvalue weighted by Gasteiger charge is 2.13. The largest absolute Gasteiger partial charge is 0.493 e. The highest BCUT2D eigenvalue weighted by atomic mass is 35.5. The Kier molecular flexibility index (Phi) is 8.54. The van der Waals surface area contributed by atoms with Gasteiger partial charge in [-0.25, -0.2) is 10.2 Å². The van der Waals surface area contributed by atoms with E-state index < -0.39 is 11.9 Å². The standard InChI is InChI=1S/C23H17Cl3N2O5/c1-31-21-10-14(2-8-20(21)33-23(30)15-3-5-16(24)6-4-15)12-27-28-22(29)13-32-19-9-7-17(25)11-18(19)26/h2-12H,13H2,1H3,(H,28,29)/b27-12-. The van der Waals surface area contributed by atoms with E-state index in [4.69, 9.17) is 49.0 Å². The Balaban J connectivity index is 1.56. The number of amides is 1. The van der Waals surface area contributed by atoms with Crippen LogP contribution in [-0.2, 0) is 4.79 Å². The molecule has 1 N–H and O–H groups in total. The van der Waals surface area contributed by atoms with Crippen LogP contribution in [0.4, 0.5) is 0 Å². The highest BCUT2D eigenvalue weighted by molar-refractivity contribution is 6.35. The minimum absolute atomic E-state index is 0.229. The van der Waals surface area contributed by atoms with Gasteiger partial charge in [0.15, 0.2) is 18.1 Å². The zero-order valence-electron chi connectivity index (χ0n) is 17.2. The lowest BCUT2D eigenvalue weighted by Crippen LogP contribution is -2.24. The first-order valence-corrected chi connectivity index (χ1v) is 10.5. The van der Waals surface area contributed by atoms with Gasteiger partial charge in [0.05, 0.1) is 23.9 Å². The van der Waals surface area contributed by atoms with E-state index in [0.717, 1.165) is 0 Å². The molecular formula is C23H17Cl3N2O5.